The quantitative estimate of drug-likeness (QED) is 0.888. The Morgan fingerprint density at radius 3 is 2.68 bits per heavy atom. The van der Waals surface area contributed by atoms with Gasteiger partial charge in [-0.3, -0.25) is 0 Å². The molecule has 0 aliphatic heterocycles. The first-order chi connectivity index (χ1) is 12.1. The molecule has 1 aromatic carbocycles. The van der Waals surface area contributed by atoms with Gasteiger partial charge < -0.3 is 14.6 Å². The number of amides is 2. The summed E-state index contributed by atoms with van der Waals surface area (Å²) in [6.07, 6.45) is 8.32. The van der Waals surface area contributed by atoms with Gasteiger partial charge in [-0.1, -0.05) is 37.0 Å². The minimum Gasteiger partial charge on any atom is -0.444 e. The van der Waals surface area contributed by atoms with Crippen molar-refractivity contribution >= 4 is 6.03 Å². The summed E-state index contributed by atoms with van der Waals surface area (Å²) >= 11 is 0. The molecule has 25 heavy (non-hydrogen) atoms. The van der Waals surface area contributed by atoms with Crippen molar-refractivity contribution in [3.05, 3.63) is 41.8 Å². The van der Waals surface area contributed by atoms with Crippen LogP contribution in [0, 0.1) is 6.92 Å². The number of rotatable bonds is 5. The second-order valence-corrected chi connectivity index (χ2v) is 6.89. The van der Waals surface area contributed by atoms with Crippen LogP contribution in [0.15, 0.2) is 34.9 Å². The Hall–Kier alpha value is -2.30. The summed E-state index contributed by atoms with van der Waals surface area (Å²) in [5, 5.41) is 2.99. The van der Waals surface area contributed by atoms with Gasteiger partial charge in [-0.15, -0.1) is 0 Å². The van der Waals surface area contributed by atoms with Gasteiger partial charge in [0.15, 0.2) is 0 Å². The smallest absolute Gasteiger partial charge is 0.317 e. The maximum atomic E-state index is 12.3. The Morgan fingerprint density at radius 2 is 1.96 bits per heavy atom. The molecule has 5 nitrogen and oxygen atoms in total. The SMILES string of the molecule is Cc1ccc(-c2nc(CCNC(=O)N(C)C3CCCCC3)co2)cc1. The largest absolute Gasteiger partial charge is 0.444 e. The van der Waals surface area contributed by atoms with Gasteiger partial charge in [0.25, 0.3) is 0 Å². The predicted octanol–water partition coefficient (Wildman–Crippen LogP) is 4.17. The molecule has 1 heterocycles. The molecule has 1 saturated carbocycles. The molecule has 1 N–H and O–H groups in total. The molecule has 134 valence electrons. The van der Waals surface area contributed by atoms with Gasteiger partial charge >= 0.3 is 6.03 Å². The number of carbonyl (C=O) groups is 1. The molecule has 3 rings (SSSR count). The topological polar surface area (TPSA) is 58.4 Å². The zero-order valence-electron chi connectivity index (χ0n) is 15.1. The van der Waals surface area contributed by atoms with E-state index in [-0.39, 0.29) is 6.03 Å². The molecule has 0 unspecified atom stereocenters. The van der Waals surface area contributed by atoms with Crippen LogP contribution in [-0.2, 0) is 6.42 Å². The normalized spacial score (nSPS) is 15.1. The number of benzene rings is 1. The second kappa shape index (κ2) is 8.19. The number of hydrogen-bond donors (Lipinski definition) is 1. The van der Waals surface area contributed by atoms with Crippen LogP contribution in [0.3, 0.4) is 0 Å². The van der Waals surface area contributed by atoms with Crippen LogP contribution in [0.5, 0.6) is 0 Å². The highest BCUT2D eigenvalue weighted by Gasteiger charge is 2.21. The van der Waals surface area contributed by atoms with Gasteiger partial charge in [-0.2, -0.15) is 0 Å². The standard InChI is InChI=1S/C20H27N3O2/c1-15-8-10-16(11-9-15)19-22-17(14-25-19)12-13-21-20(24)23(2)18-6-4-3-5-7-18/h8-11,14,18H,3-7,12-13H2,1-2H3,(H,21,24). The fraction of sp³-hybridized carbons (Fsp3) is 0.500. The number of nitrogens with one attached hydrogen (secondary N) is 1. The first kappa shape index (κ1) is 17.5. The first-order valence-electron chi connectivity index (χ1n) is 9.15. The van der Waals surface area contributed by atoms with E-state index in [4.69, 9.17) is 4.42 Å². The fourth-order valence-electron chi connectivity index (χ4n) is 3.31. The fourth-order valence-corrected chi connectivity index (χ4v) is 3.31. The Kier molecular flexibility index (Phi) is 5.74. The van der Waals surface area contributed by atoms with Crippen molar-refractivity contribution in [2.75, 3.05) is 13.6 Å². The average Bonchev–Trinajstić information content (AvgIpc) is 3.11. The van der Waals surface area contributed by atoms with Crippen molar-refractivity contribution in [1.29, 1.82) is 0 Å². The number of aromatic nitrogens is 1. The van der Waals surface area contributed by atoms with Gasteiger partial charge in [-0.25, -0.2) is 9.78 Å². The van der Waals surface area contributed by atoms with Crippen LogP contribution >= 0.6 is 0 Å². The monoisotopic (exact) mass is 341 g/mol. The van der Waals surface area contributed by atoms with Crippen molar-refractivity contribution in [1.82, 2.24) is 15.2 Å². The molecule has 0 spiro atoms. The molecule has 0 bridgehead atoms. The van der Waals surface area contributed by atoms with E-state index in [1.165, 1.54) is 24.8 Å². The first-order valence-corrected chi connectivity index (χ1v) is 9.15. The minimum atomic E-state index is 0.00847. The summed E-state index contributed by atoms with van der Waals surface area (Å²) in [7, 11) is 1.90. The van der Waals surface area contributed by atoms with Gasteiger partial charge in [-0.05, 0) is 31.9 Å². The molecule has 1 aromatic heterocycles. The molecule has 0 radical (unpaired) electrons. The van der Waals surface area contributed by atoms with Crippen LogP contribution in [0.25, 0.3) is 11.5 Å². The number of carbonyl (C=O) groups excluding carboxylic acids is 1. The summed E-state index contributed by atoms with van der Waals surface area (Å²) in [6.45, 7) is 2.62. The molecule has 2 amide bonds. The van der Waals surface area contributed by atoms with Crippen molar-refractivity contribution < 1.29 is 9.21 Å². The van der Waals surface area contributed by atoms with Crippen LogP contribution in [0.1, 0.15) is 43.4 Å². The summed E-state index contributed by atoms with van der Waals surface area (Å²) in [6, 6.07) is 8.49. The van der Waals surface area contributed by atoms with Crippen LogP contribution in [0.4, 0.5) is 4.79 Å². The van der Waals surface area contributed by atoms with E-state index < -0.39 is 0 Å². The van der Waals surface area contributed by atoms with Crippen molar-refractivity contribution in [3.8, 4) is 11.5 Å². The highest BCUT2D eigenvalue weighted by molar-refractivity contribution is 5.74. The summed E-state index contributed by atoms with van der Waals surface area (Å²) in [5.74, 6) is 0.626. The Labute approximate surface area is 149 Å². The zero-order valence-corrected chi connectivity index (χ0v) is 15.1. The van der Waals surface area contributed by atoms with Crippen LogP contribution < -0.4 is 5.32 Å². The third-order valence-electron chi connectivity index (χ3n) is 4.95. The van der Waals surface area contributed by atoms with Crippen molar-refractivity contribution in [3.63, 3.8) is 0 Å². The highest BCUT2D eigenvalue weighted by Crippen LogP contribution is 2.22. The number of nitrogens with zero attached hydrogens (tertiary/aromatic N) is 2. The lowest BCUT2D eigenvalue weighted by atomic mass is 9.95. The molecule has 5 heteroatoms. The van der Waals surface area contributed by atoms with E-state index in [9.17, 15) is 4.79 Å². The zero-order chi connectivity index (χ0) is 17.6. The number of aryl methyl sites for hydroxylation is 1. The third-order valence-corrected chi connectivity index (χ3v) is 4.95. The summed E-state index contributed by atoms with van der Waals surface area (Å²) in [4.78, 5) is 18.6. The molecule has 1 aliphatic rings. The number of urea groups is 1. The average molecular weight is 341 g/mol. The van der Waals surface area contributed by atoms with E-state index in [2.05, 4.69) is 17.2 Å². The Bertz CT molecular complexity index is 687. The molecule has 2 aromatic rings. The Balaban J connectivity index is 1.47. The molecule has 0 saturated heterocycles. The van der Waals surface area contributed by atoms with Gasteiger partial charge in [0.2, 0.25) is 5.89 Å². The lowest BCUT2D eigenvalue weighted by Gasteiger charge is -2.31. The second-order valence-electron chi connectivity index (χ2n) is 6.89. The van der Waals surface area contributed by atoms with Gasteiger partial charge in [0.05, 0.1) is 5.69 Å². The van der Waals surface area contributed by atoms with E-state index in [0.717, 1.165) is 24.1 Å². The minimum absolute atomic E-state index is 0.00847. The molecule has 1 fully saturated rings. The molecular weight excluding hydrogens is 314 g/mol. The third kappa shape index (κ3) is 4.62. The Morgan fingerprint density at radius 1 is 1.24 bits per heavy atom. The maximum absolute atomic E-state index is 12.3. The summed E-state index contributed by atoms with van der Waals surface area (Å²) in [5.41, 5.74) is 3.04. The van der Waals surface area contributed by atoms with Gasteiger partial charge in [0, 0.05) is 31.6 Å². The van der Waals surface area contributed by atoms with E-state index in [0.29, 0.717) is 24.9 Å². The highest BCUT2D eigenvalue weighted by atomic mass is 16.3. The van der Waals surface area contributed by atoms with Crippen molar-refractivity contribution in [2.24, 2.45) is 0 Å². The molecule has 1 aliphatic carbocycles. The van der Waals surface area contributed by atoms with E-state index >= 15 is 0 Å². The summed E-state index contributed by atoms with van der Waals surface area (Å²) < 4.78 is 5.56. The van der Waals surface area contributed by atoms with Gasteiger partial charge in [0.1, 0.15) is 6.26 Å². The van der Waals surface area contributed by atoms with Crippen LogP contribution in [-0.4, -0.2) is 35.5 Å². The van der Waals surface area contributed by atoms with Crippen molar-refractivity contribution in [2.45, 2.75) is 51.5 Å². The van der Waals surface area contributed by atoms with E-state index in [1.807, 2.05) is 36.2 Å². The predicted molar refractivity (Wildman–Crippen MR) is 98.4 cm³/mol. The molecular formula is C20H27N3O2. The van der Waals surface area contributed by atoms with Crippen LogP contribution in [0.2, 0.25) is 0 Å². The molecule has 0 atom stereocenters. The lowest BCUT2D eigenvalue weighted by molar-refractivity contribution is 0.174. The maximum Gasteiger partial charge on any atom is 0.317 e. The van der Waals surface area contributed by atoms with E-state index in [1.54, 1.807) is 6.26 Å². The number of oxazole rings is 1. The lowest BCUT2D eigenvalue weighted by Crippen LogP contribution is -2.44. The number of hydrogen-bond acceptors (Lipinski definition) is 3.